The molecule has 0 bridgehead atoms. The number of nitrogens with one attached hydrogen (secondary N) is 1. The summed E-state index contributed by atoms with van der Waals surface area (Å²) in [5.41, 5.74) is 1.22. The van der Waals surface area contributed by atoms with Crippen molar-refractivity contribution in [1.29, 1.82) is 0 Å². The van der Waals surface area contributed by atoms with E-state index in [1.807, 2.05) is 59.4 Å². The maximum Gasteiger partial charge on any atom is 0.167 e. The summed E-state index contributed by atoms with van der Waals surface area (Å²) in [5, 5.41) is 6.50. The number of pyridine rings is 1. The average Bonchev–Trinajstić information content (AvgIpc) is 3.08. The third kappa shape index (κ3) is 3.09. The van der Waals surface area contributed by atoms with Crippen molar-refractivity contribution >= 4 is 53.1 Å². The van der Waals surface area contributed by atoms with Crippen LogP contribution in [0.25, 0.3) is 6.08 Å². The number of aromatic amines is 1. The topological polar surface area (TPSA) is 14.1 Å². The minimum Gasteiger partial charge on any atom is -0.218 e. The number of aromatic nitrogens is 1. The van der Waals surface area contributed by atoms with Gasteiger partial charge >= 0.3 is 0 Å². The zero-order valence-corrected chi connectivity index (χ0v) is 12.6. The van der Waals surface area contributed by atoms with Crippen LogP contribution in [0.5, 0.6) is 0 Å². The second kappa shape index (κ2) is 6.10. The predicted octanol–water partition coefficient (Wildman–Crippen LogP) is 4.91. The summed E-state index contributed by atoms with van der Waals surface area (Å²) in [5.74, 6) is 0. The van der Waals surface area contributed by atoms with Gasteiger partial charge in [0.2, 0.25) is 0 Å². The molecule has 0 fully saturated rings. The molecule has 0 aromatic carbocycles. The van der Waals surface area contributed by atoms with Crippen molar-refractivity contribution in [3.05, 3.63) is 65.8 Å². The molecule has 0 spiro atoms. The molecule has 1 N–H and O–H groups in total. The van der Waals surface area contributed by atoms with Gasteiger partial charge in [-0.1, -0.05) is 53.1 Å². The van der Waals surface area contributed by atoms with Crippen LogP contribution in [0.3, 0.4) is 0 Å². The number of allylic oxidation sites excluding steroid dienone is 1. The van der Waals surface area contributed by atoms with Crippen molar-refractivity contribution in [2.45, 2.75) is 0 Å². The van der Waals surface area contributed by atoms with Gasteiger partial charge in [-0.2, -0.15) is 0 Å². The van der Waals surface area contributed by atoms with E-state index in [0.717, 1.165) is 0 Å². The van der Waals surface area contributed by atoms with Crippen LogP contribution in [0.2, 0.25) is 0 Å². The molecular weight excluding hydrogens is 298 g/mol. The molecule has 1 nitrogen and oxygen atoms in total. The van der Waals surface area contributed by atoms with Gasteiger partial charge in [-0.15, -0.1) is 0 Å². The number of thioether (sulfide) groups is 4. The molecule has 0 atom stereocenters. The van der Waals surface area contributed by atoms with Gasteiger partial charge in [-0.3, -0.25) is 0 Å². The molecule has 3 rings (SSSR count). The third-order valence-electron chi connectivity index (χ3n) is 2.25. The third-order valence-corrected chi connectivity index (χ3v) is 7.25. The first-order chi connectivity index (χ1) is 8.92. The van der Waals surface area contributed by atoms with Crippen LogP contribution >= 0.6 is 47.0 Å². The molecule has 0 saturated heterocycles. The lowest BCUT2D eigenvalue weighted by atomic mass is 10.2. The molecule has 90 valence electrons. The summed E-state index contributed by atoms with van der Waals surface area (Å²) < 4.78 is 2.80. The van der Waals surface area contributed by atoms with Gasteiger partial charge in [-0.05, 0) is 27.9 Å². The summed E-state index contributed by atoms with van der Waals surface area (Å²) in [7, 11) is 0. The average molecular weight is 308 g/mol. The van der Waals surface area contributed by atoms with Crippen LogP contribution in [0.1, 0.15) is 5.56 Å². The fraction of sp³-hybridized carbons (Fsp3) is 0. The Hall–Kier alpha value is -0.490. The standard InChI is InChI=1S/C13H9NS4/c1(10-3-5-14-6-4-10)2-11-9-17-13(18-11)12-15-7-8-16-12/h1-9H/p+1/b2-1+. The number of hydrogen-bond acceptors (Lipinski definition) is 4. The number of hydrogen-bond donors (Lipinski definition) is 0. The van der Waals surface area contributed by atoms with Gasteiger partial charge in [0.1, 0.15) is 0 Å². The highest BCUT2D eigenvalue weighted by atomic mass is 32.2. The Labute approximate surface area is 123 Å². The van der Waals surface area contributed by atoms with E-state index in [4.69, 9.17) is 0 Å². The molecule has 3 heterocycles. The summed E-state index contributed by atoms with van der Waals surface area (Å²) in [6.45, 7) is 0. The van der Waals surface area contributed by atoms with E-state index < -0.39 is 0 Å². The fourth-order valence-electron chi connectivity index (χ4n) is 1.42. The second-order valence-electron chi connectivity index (χ2n) is 3.49. The Morgan fingerprint density at radius 2 is 1.67 bits per heavy atom. The van der Waals surface area contributed by atoms with Crippen molar-refractivity contribution in [3.63, 3.8) is 0 Å². The van der Waals surface area contributed by atoms with E-state index in [2.05, 4.69) is 45.5 Å². The smallest absolute Gasteiger partial charge is 0.167 e. The van der Waals surface area contributed by atoms with E-state index in [1.165, 1.54) is 18.9 Å². The molecule has 0 amide bonds. The van der Waals surface area contributed by atoms with Crippen LogP contribution in [-0.2, 0) is 0 Å². The molecule has 0 aliphatic carbocycles. The van der Waals surface area contributed by atoms with Crippen LogP contribution in [0.15, 0.2) is 60.2 Å². The van der Waals surface area contributed by atoms with E-state index in [-0.39, 0.29) is 0 Å². The van der Waals surface area contributed by atoms with Gasteiger partial charge in [-0.25, -0.2) is 4.98 Å². The molecule has 5 heteroatoms. The van der Waals surface area contributed by atoms with E-state index in [0.29, 0.717) is 0 Å². The second-order valence-corrected chi connectivity index (χ2v) is 7.80. The van der Waals surface area contributed by atoms with Gasteiger partial charge in [0.15, 0.2) is 12.4 Å². The summed E-state index contributed by atoms with van der Waals surface area (Å²) in [6.07, 6.45) is 8.21. The highest BCUT2D eigenvalue weighted by Gasteiger charge is 2.16. The van der Waals surface area contributed by atoms with Crippen molar-refractivity contribution in [2.24, 2.45) is 0 Å². The van der Waals surface area contributed by atoms with Crippen LogP contribution in [0, 0.1) is 0 Å². The maximum atomic E-state index is 3.03. The minimum atomic E-state index is 1.22. The monoisotopic (exact) mass is 308 g/mol. The molecule has 0 radical (unpaired) electrons. The normalized spacial score (nSPS) is 19.0. The molecule has 0 saturated carbocycles. The maximum absolute atomic E-state index is 3.03. The zero-order valence-electron chi connectivity index (χ0n) is 9.33. The predicted molar refractivity (Wildman–Crippen MR) is 86.6 cm³/mol. The molecule has 2 aliphatic rings. The number of rotatable bonds is 2. The highest BCUT2D eigenvalue weighted by molar-refractivity contribution is 8.33. The Morgan fingerprint density at radius 1 is 0.889 bits per heavy atom. The van der Waals surface area contributed by atoms with Gasteiger partial charge in [0.05, 0.1) is 8.47 Å². The lowest BCUT2D eigenvalue weighted by Crippen LogP contribution is -1.96. The summed E-state index contributed by atoms with van der Waals surface area (Å²) >= 11 is 7.31. The first kappa shape index (κ1) is 12.5. The Balaban J connectivity index is 1.66. The zero-order chi connectivity index (χ0) is 12.2. The van der Waals surface area contributed by atoms with Crippen molar-refractivity contribution < 1.29 is 4.98 Å². The SMILES string of the molecule is C1=CSC(=C2SC=C(/C=C/c3cc[nH+]cc3)S2)S1. The number of H-pyrrole nitrogens is 1. The lowest BCUT2D eigenvalue weighted by Gasteiger charge is -1.99. The van der Waals surface area contributed by atoms with E-state index in [1.54, 1.807) is 0 Å². The molecule has 18 heavy (non-hydrogen) atoms. The van der Waals surface area contributed by atoms with Crippen molar-refractivity contribution in [1.82, 2.24) is 0 Å². The summed E-state index contributed by atoms with van der Waals surface area (Å²) in [4.78, 5) is 4.34. The molecular formula is C13H10NS4+. The first-order valence-electron chi connectivity index (χ1n) is 5.33. The minimum absolute atomic E-state index is 1.22. The Morgan fingerprint density at radius 3 is 2.44 bits per heavy atom. The summed E-state index contributed by atoms with van der Waals surface area (Å²) in [6, 6.07) is 4.13. The van der Waals surface area contributed by atoms with Crippen LogP contribution in [0.4, 0.5) is 0 Å². The first-order valence-corrected chi connectivity index (χ1v) is 8.79. The fourth-order valence-corrected chi connectivity index (χ4v) is 5.77. The molecule has 1 aromatic rings. The van der Waals surface area contributed by atoms with Crippen LogP contribution in [-0.4, -0.2) is 0 Å². The Bertz CT molecular complexity index is 548. The molecule has 0 unspecified atom stereocenters. The lowest BCUT2D eigenvalue weighted by molar-refractivity contribution is -0.378. The van der Waals surface area contributed by atoms with E-state index in [9.17, 15) is 0 Å². The van der Waals surface area contributed by atoms with Gasteiger partial charge in [0, 0.05) is 17.0 Å². The molecule has 1 aromatic heterocycles. The van der Waals surface area contributed by atoms with Gasteiger partial charge < -0.3 is 0 Å². The largest absolute Gasteiger partial charge is 0.218 e. The van der Waals surface area contributed by atoms with E-state index >= 15 is 0 Å². The molecule has 2 aliphatic heterocycles. The van der Waals surface area contributed by atoms with Crippen LogP contribution < -0.4 is 4.98 Å². The van der Waals surface area contributed by atoms with Gasteiger partial charge in [0.25, 0.3) is 0 Å². The quantitative estimate of drug-likeness (QED) is 0.770. The Kier molecular flexibility index (Phi) is 4.25. The highest BCUT2D eigenvalue weighted by Crippen LogP contribution is 2.53. The van der Waals surface area contributed by atoms with Crippen molar-refractivity contribution in [3.8, 4) is 0 Å². The van der Waals surface area contributed by atoms with Crippen molar-refractivity contribution in [2.75, 3.05) is 0 Å².